The van der Waals surface area contributed by atoms with Gasteiger partial charge in [-0.3, -0.25) is 0 Å². The van der Waals surface area contributed by atoms with Gasteiger partial charge in [0.15, 0.2) is 0 Å². The standard InChI is InChI=1S/C17H28N4O2/c1-23-12-6-9-18-17(22)20-14-15-7-8-16(19-13-15)21-10-4-2-3-5-11-21/h7-8,13H,2-6,9-12,14H2,1H3,(H2,18,20,22). The first-order valence-electron chi connectivity index (χ1n) is 8.50. The van der Waals surface area contributed by atoms with Crippen molar-refractivity contribution in [1.29, 1.82) is 0 Å². The van der Waals surface area contributed by atoms with Crippen LogP contribution in [0, 0.1) is 0 Å². The van der Waals surface area contributed by atoms with Gasteiger partial charge in [-0.15, -0.1) is 0 Å². The lowest BCUT2D eigenvalue weighted by Crippen LogP contribution is -2.35. The maximum Gasteiger partial charge on any atom is 0.315 e. The molecule has 1 saturated heterocycles. The predicted molar refractivity (Wildman–Crippen MR) is 91.6 cm³/mol. The number of urea groups is 1. The topological polar surface area (TPSA) is 66.5 Å². The number of rotatable bonds is 7. The fraction of sp³-hybridized carbons (Fsp3) is 0.647. The Hall–Kier alpha value is -1.82. The van der Waals surface area contributed by atoms with Gasteiger partial charge in [0, 0.05) is 46.1 Å². The van der Waals surface area contributed by atoms with Gasteiger partial charge in [0.1, 0.15) is 5.82 Å². The number of aromatic nitrogens is 1. The number of carbonyl (C=O) groups excluding carboxylic acids is 1. The fourth-order valence-electron chi connectivity index (χ4n) is 2.67. The van der Waals surface area contributed by atoms with Crippen molar-refractivity contribution in [2.24, 2.45) is 0 Å². The summed E-state index contributed by atoms with van der Waals surface area (Å²) in [4.78, 5) is 18.5. The number of carbonyl (C=O) groups is 1. The number of ether oxygens (including phenoxy) is 1. The maximum atomic E-state index is 11.6. The quantitative estimate of drug-likeness (QED) is 0.757. The van der Waals surface area contributed by atoms with Crippen molar-refractivity contribution in [3.63, 3.8) is 0 Å². The Balaban J connectivity index is 1.73. The van der Waals surface area contributed by atoms with E-state index in [-0.39, 0.29) is 6.03 Å². The normalized spacial score (nSPS) is 15.1. The van der Waals surface area contributed by atoms with Crippen molar-refractivity contribution in [3.8, 4) is 0 Å². The molecule has 1 aromatic rings. The van der Waals surface area contributed by atoms with E-state index in [1.54, 1.807) is 7.11 Å². The molecule has 0 atom stereocenters. The minimum atomic E-state index is -0.155. The first-order valence-corrected chi connectivity index (χ1v) is 8.50. The number of hydrogen-bond acceptors (Lipinski definition) is 4. The third-order valence-corrected chi connectivity index (χ3v) is 4.00. The molecule has 0 spiro atoms. The molecule has 2 amide bonds. The van der Waals surface area contributed by atoms with E-state index in [1.807, 2.05) is 12.3 Å². The van der Waals surface area contributed by atoms with Gasteiger partial charge in [-0.2, -0.15) is 0 Å². The highest BCUT2D eigenvalue weighted by molar-refractivity contribution is 5.73. The van der Waals surface area contributed by atoms with Crippen LogP contribution in [0.25, 0.3) is 0 Å². The van der Waals surface area contributed by atoms with Crippen LogP contribution in [0.4, 0.5) is 10.6 Å². The van der Waals surface area contributed by atoms with Gasteiger partial charge in [0.25, 0.3) is 0 Å². The van der Waals surface area contributed by atoms with Crippen molar-refractivity contribution < 1.29 is 9.53 Å². The number of nitrogens with one attached hydrogen (secondary N) is 2. The number of anilines is 1. The summed E-state index contributed by atoms with van der Waals surface area (Å²) in [6.45, 7) is 3.94. The average molecular weight is 320 g/mol. The van der Waals surface area contributed by atoms with E-state index in [0.717, 1.165) is 30.9 Å². The molecule has 1 aromatic heterocycles. The van der Waals surface area contributed by atoms with Crippen LogP contribution in [0.15, 0.2) is 18.3 Å². The zero-order valence-corrected chi connectivity index (χ0v) is 14.0. The molecule has 0 bridgehead atoms. The second kappa shape index (κ2) is 10.0. The molecule has 2 N–H and O–H groups in total. The molecule has 128 valence electrons. The van der Waals surface area contributed by atoms with Gasteiger partial charge in [-0.05, 0) is 30.9 Å². The smallest absolute Gasteiger partial charge is 0.315 e. The predicted octanol–water partition coefficient (Wildman–Crippen LogP) is 2.30. The molecule has 1 fully saturated rings. The van der Waals surface area contributed by atoms with Crippen molar-refractivity contribution in [3.05, 3.63) is 23.9 Å². The second-order valence-corrected chi connectivity index (χ2v) is 5.88. The summed E-state index contributed by atoms with van der Waals surface area (Å²) < 4.78 is 4.94. The largest absolute Gasteiger partial charge is 0.385 e. The molecule has 0 saturated carbocycles. The molecule has 2 heterocycles. The number of pyridine rings is 1. The van der Waals surface area contributed by atoms with Crippen LogP contribution in [-0.2, 0) is 11.3 Å². The van der Waals surface area contributed by atoms with E-state index in [0.29, 0.717) is 19.7 Å². The number of nitrogens with zero attached hydrogens (tertiary/aromatic N) is 2. The van der Waals surface area contributed by atoms with Crippen LogP contribution >= 0.6 is 0 Å². The Morgan fingerprint density at radius 2 is 2.00 bits per heavy atom. The van der Waals surface area contributed by atoms with E-state index < -0.39 is 0 Å². The summed E-state index contributed by atoms with van der Waals surface area (Å²) in [7, 11) is 1.66. The summed E-state index contributed by atoms with van der Waals surface area (Å²) in [5, 5.41) is 5.64. The van der Waals surface area contributed by atoms with E-state index in [4.69, 9.17) is 4.74 Å². The van der Waals surface area contributed by atoms with Crippen molar-refractivity contribution in [2.75, 3.05) is 38.3 Å². The summed E-state index contributed by atoms with van der Waals surface area (Å²) in [6.07, 6.45) is 7.79. The zero-order chi connectivity index (χ0) is 16.3. The van der Waals surface area contributed by atoms with Gasteiger partial charge in [-0.25, -0.2) is 9.78 Å². The molecule has 1 aliphatic heterocycles. The molecule has 0 aliphatic carbocycles. The monoisotopic (exact) mass is 320 g/mol. The highest BCUT2D eigenvalue weighted by atomic mass is 16.5. The third kappa shape index (κ3) is 6.44. The molecule has 6 heteroatoms. The lowest BCUT2D eigenvalue weighted by Gasteiger charge is -2.21. The number of methoxy groups -OCH3 is 1. The Bertz CT molecular complexity index is 456. The molecule has 6 nitrogen and oxygen atoms in total. The second-order valence-electron chi connectivity index (χ2n) is 5.88. The highest BCUT2D eigenvalue weighted by Gasteiger charge is 2.10. The fourth-order valence-corrected chi connectivity index (χ4v) is 2.67. The summed E-state index contributed by atoms with van der Waals surface area (Å²) in [6, 6.07) is 3.94. The molecule has 23 heavy (non-hydrogen) atoms. The minimum Gasteiger partial charge on any atom is -0.385 e. The molecular formula is C17H28N4O2. The van der Waals surface area contributed by atoms with E-state index >= 15 is 0 Å². The Labute approximate surface area is 138 Å². The first kappa shape index (κ1) is 17.5. The van der Waals surface area contributed by atoms with Crippen LogP contribution in [0.3, 0.4) is 0 Å². The Morgan fingerprint density at radius 1 is 1.22 bits per heavy atom. The van der Waals surface area contributed by atoms with Crippen LogP contribution in [0.1, 0.15) is 37.7 Å². The molecule has 0 radical (unpaired) electrons. The Morgan fingerprint density at radius 3 is 2.65 bits per heavy atom. The molecular weight excluding hydrogens is 292 g/mol. The summed E-state index contributed by atoms with van der Waals surface area (Å²) >= 11 is 0. The van der Waals surface area contributed by atoms with Crippen molar-refractivity contribution >= 4 is 11.8 Å². The molecule has 1 aliphatic rings. The van der Waals surface area contributed by atoms with Crippen LogP contribution in [0.5, 0.6) is 0 Å². The Kier molecular flexibility index (Phi) is 7.66. The number of hydrogen-bond donors (Lipinski definition) is 2. The minimum absolute atomic E-state index is 0.155. The van der Waals surface area contributed by atoms with E-state index in [9.17, 15) is 4.79 Å². The summed E-state index contributed by atoms with van der Waals surface area (Å²) in [5.41, 5.74) is 1.01. The van der Waals surface area contributed by atoms with Gasteiger partial charge >= 0.3 is 6.03 Å². The van der Waals surface area contributed by atoms with Gasteiger partial charge < -0.3 is 20.3 Å². The van der Waals surface area contributed by atoms with E-state index in [2.05, 4.69) is 26.6 Å². The van der Waals surface area contributed by atoms with Crippen LogP contribution in [-0.4, -0.2) is 44.4 Å². The highest BCUT2D eigenvalue weighted by Crippen LogP contribution is 2.17. The lowest BCUT2D eigenvalue weighted by molar-refractivity contribution is 0.193. The van der Waals surface area contributed by atoms with Gasteiger partial charge in [-0.1, -0.05) is 18.9 Å². The summed E-state index contributed by atoms with van der Waals surface area (Å²) in [5.74, 6) is 1.04. The van der Waals surface area contributed by atoms with Crippen LogP contribution < -0.4 is 15.5 Å². The van der Waals surface area contributed by atoms with Crippen LogP contribution in [0.2, 0.25) is 0 Å². The third-order valence-electron chi connectivity index (χ3n) is 4.00. The zero-order valence-electron chi connectivity index (χ0n) is 14.0. The van der Waals surface area contributed by atoms with Gasteiger partial charge in [0.2, 0.25) is 0 Å². The maximum absolute atomic E-state index is 11.6. The lowest BCUT2D eigenvalue weighted by atomic mass is 10.2. The van der Waals surface area contributed by atoms with E-state index in [1.165, 1.54) is 25.7 Å². The molecule has 0 aromatic carbocycles. The molecule has 0 unspecified atom stereocenters. The SMILES string of the molecule is COCCCNC(=O)NCc1ccc(N2CCCCCC2)nc1. The average Bonchev–Trinajstić information content (AvgIpc) is 2.87. The first-order chi connectivity index (χ1) is 11.3. The number of amides is 2. The van der Waals surface area contributed by atoms with Crippen molar-refractivity contribution in [2.45, 2.75) is 38.6 Å². The molecule has 2 rings (SSSR count). The van der Waals surface area contributed by atoms with Gasteiger partial charge in [0.05, 0.1) is 0 Å². The van der Waals surface area contributed by atoms with Crippen molar-refractivity contribution in [1.82, 2.24) is 15.6 Å².